The molecule has 2 rings (SSSR count). The van der Waals surface area contributed by atoms with Crippen LogP contribution in [0.4, 0.5) is 4.79 Å². The Morgan fingerprint density at radius 2 is 2.24 bits per heavy atom. The third-order valence-corrected chi connectivity index (χ3v) is 3.42. The van der Waals surface area contributed by atoms with Gasteiger partial charge in [-0.2, -0.15) is 5.26 Å². The van der Waals surface area contributed by atoms with Gasteiger partial charge in [0.15, 0.2) is 0 Å². The normalized spacial score (nSPS) is 14.9. The molecule has 110 valence electrons. The molecule has 0 bridgehead atoms. The summed E-state index contributed by atoms with van der Waals surface area (Å²) in [4.78, 5) is 22.7. The number of halogens is 1. The Kier molecular flexibility index (Phi) is 4.66. The van der Waals surface area contributed by atoms with Crippen LogP contribution < -0.4 is 11.1 Å². The van der Waals surface area contributed by atoms with Gasteiger partial charge in [0.05, 0.1) is 16.7 Å². The fourth-order valence-corrected chi connectivity index (χ4v) is 1.96. The van der Waals surface area contributed by atoms with Gasteiger partial charge in [-0.25, -0.2) is 4.79 Å². The van der Waals surface area contributed by atoms with E-state index in [9.17, 15) is 14.9 Å². The maximum atomic E-state index is 11.4. The van der Waals surface area contributed by atoms with E-state index in [1.807, 2.05) is 6.07 Å². The number of ether oxygens (including phenoxy) is 1. The first-order chi connectivity index (χ1) is 10.0. The predicted molar refractivity (Wildman–Crippen MR) is 75.8 cm³/mol. The summed E-state index contributed by atoms with van der Waals surface area (Å²) < 4.78 is 5.01. The average molecular weight is 308 g/mol. The molecule has 0 aliphatic heterocycles. The van der Waals surface area contributed by atoms with Gasteiger partial charge in [-0.05, 0) is 30.5 Å². The van der Waals surface area contributed by atoms with Gasteiger partial charge in [0.25, 0.3) is 0 Å². The van der Waals surface area contributed by atoms with Crippen molar-refractivity contribution in [1.29, 1.82) is 5.26 Å². The molecule has 7 heteroatoms. The number of nitrogens with zero attached hydrogens (tertiary/aromatic N) is 1. The summed E-state index contributed by atoms with van der Waals surface area (Å²) in [6.45, 7) is -0.102. The van der Waals surface area contributed by atoms with Gasteiger partial charge >= 0.3 is 6.09 Å². The first-order valence-corrected chi connectivity index (χ1v) is 6.81. The van der Waals surface area contributed by atoms with Crippen LogP contribution in [0.5, 0.6) is 0 Å². The van der Waals surface area contributed by atoms with Crippen molar-refractivity contribution in [2.75, 3.05) is 6.61 Å². The Morgan fingerprint density at radius 1 is 1.52 bits per heavy atom. The van der Waals surface area contributed by atoms with Crippen LogP contribution in [0.1, 0.15) is 34.7 Å². The highest BCUT2D eigenvalue weighted by atomic mass is 35.5. The van der Waals surface area contributed by atoms with Crippen molar-refractivity contribution in [3.63, 3.8) is 0 Å². The summed E-state index contributed by atoms with van der Waals surface area (Å²) in [6, 6.07) is 6.76. The van der Waals surface area contributed by atoms with E-state index in [1.165, 1.54) is 12.1 Å². The van der Waals surface area contributed by atoms with Crippen LogP contribution in [0.25, 0.3) is 0 Å². The molecule has 1 atom stereocenters. The number of hydrogen-bond acceptors (Lipinski definition) is 4. The molecule has 1 fully saturated rings. The Morgan fingerprint density at radius 3 is 2.81 bits per heavy atom. The zero-order valence-corrected chi connectivity index (χ0v) is 11.9. The predicted octanol–water partition coefficient (Wildman–Crippen LogP) is 1.93. The van der Waals surface area contributed by atoms with Crippen molar-refractivity contribution < 1.29 is 14.3 Å². The van der Waals surface area contributed by atoms with E-state index in [0.717, 1.165) is 12.8 Å². The monoisotopic (exact) mass is 307 g/mol. The maximum absolute atomic E-state index is 11.4. The lowest BCUT2D eigenvalue weighted by Crippen LogP contribution is -2.27. The Labute approximate surface area is 126 Å². The van der Waals surface area contributed by atoms with Crippen LogP contribution in [0.15, 0.2) is 18.2 Å². The van der Waals surface area contributed by atoms with Gasteiger partial charge in [-0.1, -0.05) is 17.7 Å². The summed E-state index contributed by atoms with van der Waals surface area (Å²) in [5.74, 6) is -1.36. The number of amides is 2. The van der Waals surface area contributed by atoms with E-state index in [0.29, 0.717) is 5.56 Å². The smallest absolute Gasteiger partial charge is 0.407 e. The molecule has 1 aliphatic rings. The molecule has 1 saturated carbocycles. The second-order valence-corrected chi connectivity index (χ2v) is 5.21. The summed E-state index contributed by atoms with van der Waals surface area (Å²) in [7, 11) is 0. The van der Waals surface area contributed by atoms with Crippen molar-refractivity contribution in [3.8, 4) is 6.07 Å². The quantitative estimate of drug-likeness (QED) is 0.867. The fourth-order valence-electron chi connectivity index (χ4n) is 1.75. The topological polar surface area (TPSA) is 105 Å². The first-order valence-electron chi connectivity index (χ1n) is 6.43. The molecule has 21 heavy (non-hydrogen) atoms. The minimum atomic E-state index is -0.690. The summed E-state index contributed by atoms with van der Waals surface area (Å²) in [5, 5.41) is 12.1. The highest BCUT2D eigenvalue weighted by Gasteiger charge is 2.24. The van der Waals surface area contributed by atoms with Crippen LogP contribution >= 0.6 is 11.6 Å². The highest BCUT2D eigenvalue weighted by Crippen LogP contribution is 2.23. The number of primary amides is 1. The molecule has 0 unspecified atom stereocenters. The lowest BCUT2D eigenvalue weighted by Gasteiger charge is -2.12. The van der Waals surface area contributed by atoms with Crippen molar-refractivity contribution in [3.05, 3.63) is 34.3 Å². The molecule has 3 N–H and O–H groups in total. The van der Waals surface area contributed by atoms with Crippen molar-refractivity contribution in [1.82, 2.24) is 5.32 Å². The van der Waals surface area contributed by atoms with E-state index < -0.39 is 17.9 Å². The lowest BCUT2D eigenvalue weighted by atomic mass is 9.99. The SMILES string of the molecule is N#C[C@H](COC(=O)NC1CC1)c1ccc(Cl)c(C(N)=O)c1. The van der Waals surface area contributed by atoms with Gasteiger partial charge in [0.2, 0.25) is 5.91 Å². The molecule has 1 aromatic rings. The lowest BCUT2D eigenvalue weighted by molar-refractivity contribution is 0.1000. The van der Waals surface area contributed by atoms with Crippen LogP contribution in [0.3, 0.4) is 0 Å². The third kappa shape index (κ3) is 4.10. The molecular formula is C14H14ClN3O3. The van der Waals surface area contributed by atoms with E-state index >= 15 is 0 Å². The maximum Gasteiger partial charge on any atom is 0.407 e. The number of carbonyl (C=O) groups is 2. The van der Waals surface area contributed by atoms with Crippen LogP contribution in [0.2, 0.25) is 5.02 Å². The van der Waals surface area contributed by atoms with E-state index in [1.54, 1.807) is 6.07 Å². The standard InChI is InChI=1S/C14H14ClN3O3/c15-12-4-1-8(5-11(12)13(17)19)9(6-16)7-21-14(20)18-10-2-3-10/h1,4-5,9-10H,2-3,7H2,(H2,17,19)(H,18,20)/t9-/m1/s1. The van der Waals surface area contributed by atoms with E-state index in [2.05, 4.69) is 5.32 Å². The molecule has 0 radical (unpaired) electrons. The summed E-state index contributed by atoms with van der Waals surface area (Å²) in [5.41, 5.74) is 5.87. The number of carbonyl (C=O) groups excluding carboxylic acids is 2. The van der Waals surface area contributed by atoms with Gasteiger partial charge in [0.1, 0.15) is 12.5 Å². The number of rotatable bonds is 5. The number of hydrogen-bond donors (Lipinski definition) is 2. The van der Waals surface area contributed by atoms with Gasteiger partial charge in [-0.15, -0.1) is 0 Å². The molecule has 0 saturated heterocycles. The Hall–Kier alpha value is -2.26. The molecule has 2 amide bonds. The minimum Gasteiger partial charge on any atom is -0.448 e. The third-order valence-electron chi connectivity index (χ3n) is 3.09. The van der Waals surface area contributed by atoms with Crippen LogP contribution in [-0.2, 0) is 4.74 Å². The van der Waals surface area contributed by atoms with Crippen molar-refractivity contribution >= 4 is 23.6 Å². The minimum absolute atomic E-state index is 0.102. The fraction of sp³-hybridized carbons (Fsp3) is 0.357. The second kappa shape index (κ2) is 6.46. The molecule has 0 heterocycles. The van der Waals surface area contributed by atoms with Crippen molar-refractivity contribution in [2.45, 2.75) is 24.8 Å². The number of nitrogens with one attached hydrogen (secondary N) is 1. The number of nitriles is 1. The average Bonchev–Trinajstić information content (AvgIpc) is 3.24. The second-order valence-electron chi connectivity index (χ2n) is 4.80. The number of nitrogens with two attached hydrogens (primary N) is 1. The van der Waals surface area contributed by atoms with E-state index in [-0.39, 0.29) is 23.2 Å². The Balaban J connectivity index is 2.03. The molecular weight excluding hydrogens is 294 g/mol. The highest BCUT2D eigenvalue weighted by molar-refractivity contribution is 6.33. The summed E-state index contributed by atoms with van der Waals surface area (Å²) >= 11 is 5.85. The Bertz CT molecular complexity index is 608. The number of alkyl carbamates (subject to hydrolysis) is 1. The largest absolute Gasteiger partial charge is 0.448 e. The van der Waals surface area contributed by atoms with Gasteiger partial charge in [-0.3, -0.25) is 4.79 Å². The van der Waals surface area contributed by atoms with Crippen molar-refractivity contribution in [2.24, 2.45) is 5.73 Å². The summed E-state index contributed by atoms with van der Waals surface area (Å²) in [6.07, 6.45) is 1.37. The first kappa shape index (κ1) is 15.1. The zero-order chi connectivity index (χ0) is 15.4. The molecule has 1 aromatic carbocycles. The molecule has 6 nitrogen and oxygen atoms in total. The molecule has 0 aromatic heterocycles. The molecule has 0 spiro atoms. The number of benzene rings is 1. The zero-order valence-electron chi connectivity index (χ0n) is 11.1. The van der Waals surface area contributed by atoms with Crippen LogP contribution in [-0.4, -0.2) is 24.6 Å². The van der Waals surface area contributed by atoms with E-state index in [4.69, 9.17) is 22.1 Å². The van der Waals surface area contributed by atoms with Gasteiger partial charge < -0.3 is 15.8 Å². The molecule has 1 aliphatic carbocycles. The van der Waals surface area contributed by atoms with Crippen LogP contribution in [0, 0.1) is 11.3 Å². The van der Waals surface area contributed by atoms with Gasteiger partial charge in [0, 0.05) is 6.04 Å².